The summed E-state index contributed by atoms with van der Waals surface area (Å²) in [6.07, 6.45) is 1.41. The molecule has 0 saturated carbocycles. The SMILES string of the molecule is COC(C)(C)c1ccccc1-c1cc(-c2cnnc(-c3ccc(F)cc3F)n2)ccc1F. The van der Waals surface area contributed by atoms with Gasteiger partial charge >= 0.3 is 0 Å². The zero-order chi connectivity index (χ0) is 22.9. The predicted octanol–water partition coefficient (Wildman–Crippen LogP) is 6.17. The third-order valence-electron chi connectivity index (χ3n) is 5.37. The van der Waals surface area contributed by atoms with E-state index in [9.17, 15) is 13.2 Å². The average molecular weight is 435 g/mol. The lowest BCUT2D eigenvalue weighted by Crippen LogP contribution is -2.20. The first kappa shape index (κ1) is 21.6. The van der Waals surface area contributed by atoms with Crippen LogP contribution in [0.5, 0.6) is 0 Å². The van der Waals surface area contributed by atoms with Crippen LogP contribution < -0.4 is 0 Å². The lowest BCUT2D eigenvalue weighted by molar-refractivity contribution is 0.0197. The molecule has 4 nitrogen and oxygen atoms in total. The standard InChI is InChI=1S/C25H20F3N3O/c1-25(2,32-3)20-7-5-4-6-17(20)19-12-15(8-11-21(19)27)23-14-29-31-24(30-23)18-10-9-16(26)13-22(18)28/h4-14H,1-3H3. The first-order valence-corrected chi connectivity index (χ1v) is 9.90. The highest BCUT2D eigenvalue weighted by Gasteiger charge is 2.24. The van der Waals surface area contributed by atoms with Gasteiger partial charge in [-0.2, -0.15) is 5.10 Å². The summed E-state index contributed by atoms with van der Waals surface area (Å²) in [5.74, 6) is -1.89. The number of hydrogen-bond donors (Lipinski definition) is 0. The molecule has 7 heteroatoms. The minimum absolute atomic E-state index is 0.00629. The van der Waals surface area contributed by atoms with Crippen LogP contribution in [0.1, 0.15) is 19.4 Å². The Balaban J connectivity index is 1.82. The van der Waals surface area contributed by atoms with E-state index in [0.29, 0.717) is 22.4 Å². The summed E-state index contributed by atoms with van der Waals surface area (Å²) >= 11 is 0. The molecule has 0 aliphatic heterocycles. The van der Waals surface area contributed by atoms with Gasteiger partial charge in [-0.05, 0) is 55.3 Å². The average Bonchev–Trinajstić information content (AvgIpc) is 2.79. The molecule has 4 aromatic rings. The molecule has 0 atom stereocenters. The Morgan fingerprint density at radius 3 is 2.34 bits per heavy atom. The van der Waals surface area contributed by atoms with Crippen LogP contribution in [-0.2, 0) is 10.3 Å². The van der Waals surface area contributed by atoms with E-state index in [0.717, 1.165) is 17.7 Å². The van der Waals surface area contributed by atoms with E-state index in [2.05, 4.69) is 15.2 Å². The summed E-state index contributed by atoms with van der Waals surface area (Å²) < 4.78 is 48.0. The molecule has 0 amide bonds. The highest BCUT2D eigenvalue weighted by atomic mass is 19.1. The Hall–Kier alpha value is -3.58. The number of methoxy groups -OCH3 is 1. The summed E-state index contributed by atoms with van der Waals surface area (Å²) in [5, 5.41) is 7.78. The predicted molar refractivity (Wildman–Crippen MR) is 116 cm³/mol. The molecular weight excluding hydrogens is 415 g/mol. The van der Waals surface area contributed by atoms with Crippen molar-refractivity contribution in [1.29, 1.82) is 0 Å². The van der Waals surface area contributed by atoms with Crippen molar-refractivity contribution in [1.82, 2.24) is 15.2 Å². The van der Waals surface area contributed by atoms with Crippen molar-refractivity contribution < 1.29 is 17.9 Å². The van der Waals surface area contributed by atoms with Crippen molar-refractivity contribution in [3.63, 3.8) is 0 Å². The molecule has 0 fully saturated rings. The highest BCUT2D eigenvalue weighted by molar-refractivity contribution is 5.75. The van der Waals surface area contributed by atoms with Crippen LogP contribution in [0.15, 0.2) is 66.9 Å². The van der Waals surface area contributed by atoms with Crippen LogP contribution in [-0.4, -0.2) is 22.3 Å². The molecule has 4 rings (SSSR count). The summed E-state index contributed by atoms with van der Waals surface area (Å²) in [7, 11) is 1.60. The zero-order valence-corrected chi connectivity index (χ0v) is 17.7. The first-order chi connectivity index (χ1) is 15.3. The topological polar surface area (TPSA) is 47.9 Å². The Labute approximate surface area is 183 Å². The Morgan fingerprint density at radius 1 is 0.812 bits per heavy atom. The summed E-state index contributed by atoms with van der Waals surface area (Å²) in [5.41, 5.74) is 2.22. The molecule has 0 saturated heterocycles. The van der Waals surface area contributed by atoms with Gasteiger partial charge in [-0.3, -0.25) is 0 Å². The van der Waals surface area contributed by atoms with Gasteiger partial charge < -0.3 is 4.74 Å². The van der Waals surface area contributed by atoms with Gasteiger partial charge in [0.2, 0.25) is 0 Å². The number of ether oxygens (including phenoxy) is 1. The van der Waals surface area contributed by atoms with Gasteiger partial charge in [-0.1, -0.05) is 24.3 Å². The van der Waals surface area contributed by atoms with Gasteiger partial charge in [0.15, 0.2) is 5.82 Å². The van der Waals surface area contributed by atoms with Gasteiger partial charge in [0.25, 0.3) is 0 Å². The molecule has 0 unspecified atom stereocenters. The molecule has 0 aliphatic carbocycles. The second-order valence-corrected chi connectivity index (χ2v) is 7.74. The minimum atomic E-state index is -0.792. The molecule has 0 bridgehead atoms. The van der Waals surface area contributed by atoms with Crippen LogP contribution in [0.4, 0.5) is 13.2 Å². The molecule has 162 valence electrons. The number of nitrogens with zero attached hydrogens (tertiary/aromatic N) is 3. The third kappa shape index (κ3) is 4.11. The fraction of sp³-hybridized carbons (Fsp3) is 0.160. The van der Waals surface area contributed by atoms with Crippen molar-refractivity contribution in [2.75, 3.05) is 7.11 Å². The van der Waals surface area contributed by atoms with Crippen molar-refractivity contribution in [2.24, 2.45) is 0 Å². The third-order valence-corrected chi connectivity index (χ3v) is 5.37. The zero-order valence-electron chi connectivity index (χ0n) is 17.7. The minimum Gasteiger partial charge on any atom is -0.374 e. The summed E-state index contributed by atoms with van der Waals surface area (Å²) in [6, 6.07) is 15.1. The fourth-order valence-corrected chi connectivity index (χ4v) is 3.47. The smallest absolute Gasteiger partial charge is 0.185 e. The number of rotatable bonds is 5. The fourth-order valence-electron chi connectivity index (χ4n) is 3.47. The molecule has 0 radical (unpaired) electrons. The van der Waals surface area contributed by atoms with E-state index < -0.39 is 23.1 Å². The normalized spacial score (nSPS) is 11.6. The monoisotopic (exact) mass is 435 g/mol. The van der Waals surface area contributed by atoms with Gasteiger partial charge in [-0.25, -0.2) is 18.2 Å². The molecule has 32 heavy (non-hydrogen) atoms. The van der Waals surface area contributed by atoms with Crippen molar-refractivity contribution >= 4 is 0 Å². The van der Waals surface area contributed by atoms with E-state index in [1.165, 1.54) is 18.3 Å². The summed E-state index contributed by atoms with van der Waals surface area (Å²) in [4.78, 5) is 4.37. The lowest BCUT2D eigenvalue weighted by atomic mass is 9.88. The largest absolute Gasteiger partial charge is 0.374 e. The van der Waals surface area contributed by atoms with Crippen LogP contribution in [0.3, 0.4) is 0 Å². The maximum Gasteiger partial charge on any atom is 0.185 e. The number of halogens is 3. The van der Waals surface area contributed by atoms with E-state index in [4.69, 9.17) is 4.74 Å². The second-order valence-electron chi connectivity index (χ2n) is 7.74. The van der Waals surface area contributed by atoms with Gasteiger partial charge in [0, 0.05) is 24.3 Å². The van der Waals surface area contributed by atoms with Gasteiger partial charge in [0.1, 0.15) is 17.5 Å². The quantitative estimate of drug-likeness (QED) is 0.376. The molecule has 1 heterocycles. The van der Waals surface area contributed by atoms with Crippen molar-refractivity contribution in [3.8, 4) is 33.8 Å². The number of hydrogen-bond acceptors (Lipinski definition) is 4. The maximum atomic E-state index is 14.9. The van der Waals surface area contributed by atoms with Crippen molar-refractivity contribution in [3.05, 3.63) is 89.9 Å². The maximum absolute atomic E-state index is 14.9. The second kappa shape index (κ2) is 8.51. The van der Waals surface area contributed by atoms with Crippen LogP contribution in [0.2, 0.25) is 0 Å². The molecule has 1 aromatic heterocycles. The Kier molecular flexibility index (Phi) is 5.76. The van der Waals surface area contributed by atoms with Gasteiger partial charge in [0.05, 0.1) is 23.1 Å². The van der Waals surface area contributed by atoms with E-state index in [-0.39, 0.29) is 11.4 Å². The number of benzene rings is 3. The molecule has 0 N–H and O–H groups in total. The van der Waals surface area contributed by atoms with Crippen LogP contribution >= 0.6 is 0 Å². The van der Waals surface area contributed by atoms with E-state index >= 15 is 0 Å². The summed E-state index contributed by atoms with van der Waals surface area (Å²) in [6.45, 7) is 3.82. The van der Waals surface area contributed by atoms with E-state index in [1.807, 2.05) is 38.1 Å². The highest BCUT2D eigenvalue weighted by Crippen LogP contribution is 2.36. The van der Waals surface area contributed by atoms with Crippen LogP contribution in [0, 0.1) is 17.5 Å². The molecule has 0 aliphatic rings. The van der Waals surface area contributed by atoms with Gasteiger partial charge in [-0.15, -0.1) is 5.10 Å². The Bertz CT molecular complexity index is 1290. The molecular formula is C25H20F3N3O. The lowest BCUT2D eigenvalue weighted by Gasteiger charge is -2.26. The Morgan fingerprint density at radius 2 is 1.59 bits per heavy atom. The van der Waals surface area contributed by atoms with E-state index in [1.54, 1.807) is 19.2 Å². The number of aromatic nitrogens is 3. The molecule has 0 spiro atoms. The van der Waals surface area contributed by atoms with Crippen LogP contribution in [0.25, 0.3) is 33.8 Å². The van der Waals surface area contributed by atoms with Crippen molar-refractivity contribution in [2.45, 2.75) is 19.4 Å². The molecule has 3 aromatic carbocycles. The first-order valence-electron chi connectivity index (χ1n) is 9.90.